The Hall–Kier alpha value is -5.32. The topological polar surface area (TPSA) is 125 Å². The number of phenolic OH excluding ortho intramolecular Hbond substituents is 1. The van der Waals surface area contributed by atoms with E-state index in [2.05, 4.69) is 5.43 Å². The van der Waals surface area contributed by atoms with Crippen LogP contribution in [0.4, 0.5) is 11.4 Å². The molecule has 2 N–H and O–H groups in total. The molecule has 4 amide bonds. The van der Waals surface area contributed by atoms with E-state index < -0.39 is 46.8 Å². The van der Waals surface area contributed by atoms with Gasteiger partial charge in [-0.05, 0) is 96.5 Å². The van der Waals surface area contributed by atoms with Crippen molar-refractivity contribution in [1.29, 1.82) is 0 Å². The fourth-order valence-corrected chi connectivity index (χ4v) is 9.68. The van der Waals surface area contributed by atoms with E-state index in [0.717, 1.165) is 22.6 Å². The molecule has 10 nitrogen and oxygen atoms in total. The summed E-state index contributed by atoms with van der Waals surface area (Å²) in [6.45, 7) is 2.04. The molecule has 4 aromatic carbocycles. The summed E-state index contributed by atoms with van der Waals surface area (Å²) in [7, 11) is 2.98. The van der Waals surface area contributed by atoms with Crippen LogP contribution in [0.1, 0.15) is 42.4 Å². The largest absolute Gasteiger partial charge is 0.504 e. The van der Waals surface area contributed by atoms with Gasteiger partial charge in [0.05, 0.1) is 53.8 Å². The van der Waals surface area contributed by atoms with Gasteiger partial charge in [-0.25, -0.2) is 0 Å². The van der Waals surface area contributed by atoms with E-state index in [1.807, 2.05) is 25.1 Å². The number of ether oxygens (including phenoxy) is 2. The number of methoxy groups -OCH3 is 2. The van der Waals surface area contributed by atoms with Crippen LogP contribution in [-0.4, -0.2) is 48.0 Å². The van der Waals surface area contributed by atoms with E-state index >= 15 is 4.79 Å². The van der Waals surface area contributed by atoms with E-state index in [0.29, 0.717) is 33.3 Å². The Labute approximate surface area is 322 Å². The zero-order valence-corrected chi connectivity index (χ0v) is 31.2. The zero-order chi connectivity index (χ0) is 38.1. The van der Waals surface area contributed by atoms with E-state index in [-0.39, 0.29) is 41.2 Å². The molecule has 276 valence electrons. The molecule has 0 bridgehead atoms. The maximum atomic E-state index is 15.4. The molecule has 4 aromatic rings. The number of anilines is 2. The molecule has 2 saturated heterocycles. The maximum Gasteiger partial charge on any atom is 0.260 e. The molecule has 4 aliphatic rings. The molecule has 54 heavy (non-hydrogen) atoms. The van der Waals surface area contributed by atoms with Crippen molar-refractivity contribution < 1.29 is 33.8 Å². The Morgan fingerprint density at radius 1 is 0.852 bits per heavy atom. The van der Waals surface area contributed by atoms with Crippen LogP contribution in [-0.2, 0) is 31.0 Å². The predicted molar refractivity (Wildman–Crippen MR) is 204 cm³/mol. The Morgan fingerprint density at radius 3 is 2.26 bits per heavy atom. The third kappa shape index (κ3) is 5.29. The summed E-state index contributed by atoms with van der Waals surface area (Å²) in [4.78, 5) is 60.4. The summed E-state index contributed by atoms with van der Waals surface area (Å²) >= 11 is 12.7. The molecule has 6 atom stereocenters. The lowest BCUT2D eigenvalue weighted by atomic mass is 9.49. The van der Waals surface area contributed by atoms with Crippen molar-refractivity contribution in [1.82, 2.24) is 5.01 Å². The van der Waals surface area contributed by atoms with Crippen molar-refractivity contribution in [3.8, 4) is 17.2 Å². The maximum absolute atomic E-state index is 15.4. The summed E-state index contributed by atoms with van der Waals surface area (Å²) in [5.74, 6) is -4.82. The summed E-state index contributed by atoms with van der Waals surface area (Å²) in [5, 5.41) is 12.3. The SMILES string of the molecule is CCc1ccc(N2C(=O)C3CC=C4C(CC5C(=O)N(Nc6ccc(Cl)cc6Cl)C(=O)C5(c5ccc(OC)cc5)C4c4ccc(O)c(OC)c4)C3C2=O)cc1. The summed E-state index contributed by atoms with van der Waals surface area (Å²) in [6, 6.07) is 24.1. The molecule has 0 radical (unpaired) electrons. The van der Waals surface area contributed by atoms with Crippen LogP contribution >= 0.6 is 23.2 Å². The van der Waals surface area contributed by atoms with E-state index in [1.165, 1.54) is 24.1 Å². The van der Waals surface area contributed by atoms with Gasteiger partial charge in [0.2, 0.25) is 11.8 Å². The van der Waals surface area contributed by atoms with Gasteiger partial charge in [-0.3, -0.25) is 29.5 Å². The number of hydrogen-bond donors (Lipinski definition) is 2. The average Bonchev–Trinajstić information content (AvgIpc) is 3.56. The number of aromatic hydroxyl groups is 1. The van der Waals surface area contributed by atoms with Gasteiger partial charge >= 0.3 is 0 Å². The summed E-state index contributed by atoms with van der Waals surface area (Å²) < 4.78 is 11.0. The number of carbonyl (C=O) groups excluding carboxylic acids is 4. The summed E-state index contributed by atoms with van der Waals surface area (Å²) in [5.41, 5.74) is 5.26. The lowest BCUT2D eigenvalue weighted by molar-refractivity contribution is -0.138. The van der Waals surface area contributed by atoms with Gasteiger partial charge in [-0.15, -0.1) is 0 Å². The molecule has 0 aromatic heterocycles. The van der Waals surface area contributed by atoms with Crippen molar-refractivity contribution in [2.75, 3.05) is 24.5 Å². The van der Waals surface area contributed by atoms with Crippen LogP contribution in [0.2, 0.25) is 10.0 Å². The number of halogens is 2. The van der Waals surface area contributed by atoms with Crippen molar-refractivity contribution in [2.45, 2.75) is 37.5 Å². The van der Waals surface area contributed by atoms with Gasteiger partial charge in [0, 0.05) is 10.9 Å². The van der Waals surface area contributed by atoms with Gasteiger partial charge in [0.1, 0.15) is 5.75 Å². The smallest absolute Gasteiger partial charge is 0.260 e. The Bertz CT molecular complexity index is 2240. The van der Waals surface area contributed by atoms with Crippen LogP contribution in [0.5, 0.6) is 17.2 Å². The molecule has 3 fully saturated rings. The first-order valence-electron chi connectivity index (χ1n) is 17.8. The van der Waals surface area contributed by atoms with Crippen molar-refractivity contribution >= 4 is 58.2 Å². The number of carbonyl (C=O) groups is 4. The number of amides is 4. The van der Waals surface area contributed by atoms with Crippen molar-refractivity contribution in [3.63, 3.8) is 0 Å². The number of hydrazine groups is 1. The highest BCUT2D eigenvalue weighted by Crippen LogP contribution is 2.64. The van der Waals surface area contributed by atoms with Gasteiger partial charge in [0.15, 0.2) is 11.5 Å². The third-order valence-electron chi connectivity index (χ3n) is 11.7. The highest BCUT2D eigenvalue weighted by Gasteiger charge is 2.70. The lowest BCUT2D eigenvalue weighted by Crippen LogP contribution is -2.53. The minimum atomic E-state index is -1.55. The zero-order valence-electron chi connectivity index (χ0n) is 29.7. The monoisotopic (exact) mass is 765 g/mol. The Balaban J connectivity index is 1.33. The molecule has 6 unspecified atom stereocenters. The number of allylic oxidation sites excluding steroid dienone is 2. The molecule has 1 saturated carbocycles. The highest BCUT2D eigenvalue weighted by molar-refractivity contribution is 6.36. The van der Waals surface area contributed by atoms with Crippen LogP contribution in [0.3, 0.4) is 0 Å². The molecule has 0 spiro atoms. The molecule has 2 heterocycles. The fourth-order valence-electron chi connectivity index (χ4n) is 9.23. The number of benzene rings is 4. The molecule has 12 heteroatoms. The Morgan fingerprint density at radius 2 is 1.59 bits per heavy atom. The lowest BCUT2D eigenvalue weighted by Gasteiger charge is -2.50. The second-order valence-electron chi connectivity index (χ2n) is 14.2. The number of hydrogen-bond acceptors (Lipinski definition) is 8. The fraction of sp³-hybridized carbons (Fsp3) is 0.286. The third-order valence-corrected chi connectivity index (χ3v) is 12.3. The number of nitrogens with one attached hydrogen (secondary N) is 1. The Kier molecular flexibility index (Phi) is 8.93. The van der Waals surface area contributed by atoms with Crippen molar-refractivity contribution in [3.05, 3.63) is 123 Å². The molecule has 2 aliphatic heterocycles. The standard InChI is InChI=1S/C42H37Cl2N3O7/c1-4-22-5-11-26(12-6-22)46-38(49)29-16-15-28-30(36(29)40(46)51)21-31-39(50)47(45-33-17-10-25(43)20-32(33)44)41(52)42(31,24-8-13-27(53-2)14-9-24)37(28)23-7-18-34(48)35(19-23)54-3/h5-15,17-20,29-31,36-37,45,48H,4,16,21H2,1-3H3. The number of phenols is 1. The first-order chi connectivity index (χ1) is 26.0. The number of fused-ring (bicyclic) bond motifs is 4. The first-order valence-corrected chi connectivity index (χ1v) is 18.6. The molecular formula is C42H37Cl2N3O7. The first kappa shape index (κ1) is 35.7. The average molecular weight is 767 g/mol. The number of rotatable bonds is 8. The van der Waals surface area contributed by atoms with Crippen molar-refractivity contribution in [2.24, 2.45) is 23.7 Å². The van der Waals surface area contributed by atoms with E-state index in [9.17, 15) is 19.5 Å². The predicted octanol–water partition coefficient (Wildman–Crippen LogP) is 7.47. The molecule has 8 rings (SSSR count). The number of nitrogens with zero attached hydrogens (tertiary/aromatic N) is 2. The second-order valence-corrected chi connectivity index (χ2v) is 15.0. The number of aryl methyl sites for hydroxylation is 1. The minimum absolute atomic E-state index is 0.0999. The molecular weight excluding hydrogens is 729 g/mol. The second kappa shape index (κ2) is 13.5. The quantitative estimate of drug-likeness (QED) is 0.140. The van der Waals surface area contributed by atoms with Crippen LogP contribution in [0.15, 0.2) is 96.6 Å². The van der Waals surface area contributed by atoms with Gasteiger partial charge in [0.25, 0.3) is 11.8 Å². The van der Waals surface area contributed by atoms with Gasteiger partial charge in [-0.1, -0.05) is 72.1 Å². The van der Waals surface area contributed by atoms with E-state index in [1.54, 1.807) is 67.8 Å². The molecule has 2 aliphatic carbocycles. The highest BCUT2D eigenvalue weighted by atomic mass is 35.5. The number of imide groups is 2. The van der Waals surface area contributed by atoms with Crippen LogP contribution in [0, 0.1) is 23.7 Å². The summed E-state index contributed by atoms with van der Waals surface area (Å²) in [6.07, 6.45) is 3.18. The normalized spacial score (nSPS) is 25.9. The minimum Gasteiger partial charge on any atom is -0.504 e. The van der Waals surface area contributed by atoms with E-state index in [4.69, 9.17) is 32.7 Å². The van der Waals surface area contributed by atoms with Crippen LogP contribution in [0.25, 0.3) is 0 Å². The van der Waals surface area contributed by atoms with Gasteiger partial charge in [-0.2, -0.15) is 5.01 Å². The van der Waals surface area contributed by atoms with Gasteiger partial charge < -0.3 is 14.6 Å². The van der Waals surface area contributed by atoms with Crippen LogP contribution < -0.4 is 19.8 Å².